The Morgan fingerprint density at radius 1 is 0.534 bits per heavy atom. The largest absolute Gasteiger partial charge is 0.506 e. The predicted molar refractivity (Wildman–Crippen MR) is 295 cm³/mol. The van der Waals surface area contributed by atoms with Crippen molar-refractivity contribution >= 4 is 55.5 Å². The molecule has 3 aliphatic carbocycles. The lowest BCUT2D eigenvalue weighted by molar-refractivity contribution is -0.109. The molecule has 5 aliphatic rings. The molecule has 10 nitrogen and oxygen atoms in total. The molecule has 0 radical (unpaired) electrons. The second-order valence-corrected chi connectivity index (χ2v) is 19.8. The van der Waals surface area contributed by atoms with Gasteiger partial charge >= 0.3 is 0 Å². The molecule has 0 aromatic heterocycles. The summed E-state index contributed by atoms with van der Waals surface area (Å²) in [5.74, 6) is 1.37. The quantitative estimate of drug-likeness (QED) is 0.0842. The summed E-state index contributed by atoms with van der Waals surface area (Å²) in [5, 5.41) is 30.3. The second kappa shape index (κ2) is 17.1. The smallest absolute Gasteiger partial charge is 0.290 e. The van der Waals surface area contributed by atoms with Crippen LogP contribution in [0.1, 0.15) is 55.5 Å². The number of carbonyl (C=O) groups excluding carboxylic acids is 1. The Morgan fingerprint density at radius 3 is 1.74 bits per heavy atom. The first-order valence-corrected chi connectivity index (χ1v) is 26.0. The topological polar surface area (TPSA) is 101 Å². The first-order chi connectivity index (χ1) is 35.7. The van der Waals surface area contributed by atoms with E-state index in [4.69, 9.17) is 9.47 Å². The van der Waals surface area contributed by atoms with Crippen LogP contribution in [0.5, 0.6) is 11.5 Å². The number of nitrogens with one attached hydrogen (secondary N) is 3. The first-order valence-electron chi connectivity index (χ1n) is 26.0. The van der Waals surface area contributed by atoms with E-state index in [9.17, 15) is 5.11 Å². The van der Waals surface area contributed by atoms with Gasteiger partial charge in [0.15, 0.2) is 5.66 Å². The van der Waals surface area contributed by atoms with Crippen molar-refractivity contribution in [2.45, 2.75) is 39.0 Å². The van der Waals surface area contributed by atoms with Crippen molar-refractivity contribution in [3.8, 4) is 33.8 Å². The Morgan fingerprint density at radius 2 is 1.08 bits per heavy atom. The molecule has 4 N–H and O–H groups in total. The molecule has 8 aromatic rings. The molecule has 0 saturated heterocycles. The molecular formula is C63H59N6O4+. The minimum atomic E-state index is -0.913. The summed E-state index contributed by atoms with van der Waals surface area (Å²) in [6, 6.07) is 50.6. The number of aliphatic hydroxyl groups excluding tert-OH is 1. The van der Waals surface area contributed by atoms with Crippen molar-refractivity contribution in [3.05, 3.63) is 190 Å². The van der Waals surface area contributed by atoms with Crippen LogP contribution in [0.4, 0.5) is 17.1 Å². The number of likely N-dealkylation sites (N-methyl/N-ethyl adjacent to an activating group) is 2. The molecule has 0 fully saturated rings. The summed E-state index contributed by atoms with van der Waals surface area (Å²) >= 11 is 0. The third kappa shape index (κ3) is 6.49. The lowest BCUT2D eigenvalue weighted by Crippen LogP contribution is -2.58. The van der Waals surface area contributed by atoms with Crippen LogP contribution >= 0.6 is 0 Å². The van der Waals surface area contributed by atoms with Crippen LogP contribution in [0, 0.1) is 0 Å². The minimum Gasteiger partial charge on any atom is -0.506 e. The Labute approximate surface area is 425 Å². The van der Waals surface area contributed by atoms with Gasteiger partial charge in [0.25, 0.3) is 5.66 Å². The summed E-state index contributed by atoms with van der Waals surface area (Å²) in [6.07, 6.45) is 0. The number of hydrogen-bond donors (Lipinski definition) is 4. The van der Waals surface area contributed by atoms with E-state index >= 15 is 4.79 Å². The molecule has 8 aromatic carbocycles. The number of Topliss-reactive ketones (excluding diaryl/α,β-unsaturated/α-hetero) is 1. The van der Waals surface area contributed by atoms with Crippen LogP contribution in [0.2, 0.25) is 0 Å². The number of aliphatic hydroxyl groups is 1. The number of rotatable bonds is 13. The molecule has 0 bridgehead atoms. The molecule has 2 spiro atoms. The molecule has 10 heteroatoms. The second-order valence-electron chi connectivity index (χ2n) is 19.8. The highest BCUT2D eigenvalue weighted by Gasteiger charge is 2.55. The Bertz CT molecular complexity index is 3820. The zero-order chi connectivity index (χ0) is 49.8. The fourth-order valence-electron chi connectivity index (χ4n) is 12.7. The van der Waals surface area contributed by atoms with E-state index in [1.54, 1.807) is 0 Å². The number of allylic oxidation sites excluding steroid dienone is 2. The Balaban J connectivity index is 0.976. The van der Waals surface area contributed by atoms with E-state index in [1.807, 2.05) is 12.1 Å². The van der Waals surface area contributed by atoms with E-state index in [0.717, 1.165) is 139 Å². The Kier molecular flexibility index (Phi) is 10.5. The van der Waals surface area contributed by atoms with E-state index in [1.165, 1.54) is 0 Å². The SMILES string of the molecule is CCN(CC)CCOc1ccc2c(c1)C1(Nc3cccc4ccc(C5=C(O)/C(=c6/ccc7cccc8c7c6=[N+](C)C6(N8)c7ccccc7-c7ccc(OCCN(CC)CC)cc76)C5=O)c(c34)N1)c1ccccc1-2. The van der Waals surface area contributed by atoms with Crippen LogP contribution in [0.15, 0.2) is 151 Å². The van der Waals surface area contributed by atoms with E-state index in [-0.39, 0.29) is 11.5 Å². The lowest BCUT2D eigenvalue weighted by Gasteiger charge is -2.41. The normalized spacial score (nSPS) is 19.2. The maximum absolute atomic E-state index is 15.4. The number of carbonyl (C=O) groups is 1. The number of anilines is 3. The molecular weight excluding hydrogens is 905 g/mol. The molecule has 2 atom stereocenters. The van der Waals surface area contributed by atoms with Crippen molar-refractivity contribution in [1.82, 2.24) is 14.4 Å². The lowest BCUT2D eigenvalue weighted by atomic mass is 9.79. The van der Waals surface area contributed by atoms with Gasteiger partial charge in [0.05, 0.1) is 44.3 Å². The monoisotopic (exact) mass is 963 g/mol. The number of ketones is 1. The molecule has 0 saturated carbocycles. The number of hydrogen-bond acceptors (Lipinski definition) is 9. The fourth-order valence-corrected chi connectivity index (χ4v) is 12.7. The number of fused-ring (bicyclic) bond motifs is 10. The van der Waals surface area contributed by atoms with Gasteiger partial charge in [-0.25, -0.2) is 0 Å². The van der Waals surface area contributed by atoms with Gasteiger partial charge < -0.3 is 40.3 Å². The van der Waals surface area contributed by atoms with Gasteiger partial charge in [-0.05, 0) is 108 Å². The van der Waals surface area contributed by atoms with Crippen LogP contribution in [-0.4, -0.2) is 80.2 Å². The zero-order valence-corrected chi connectivity index (χ0v) is 42.0. The van der Waals surface area contributed by atoms with Crippen LogP contribution in [0.3, 0.4) is 0 Å². The van der Waals surface area contributed by atoms with Crippen molar-refractivity contribution in [3.63, 3.8) is 0 Å². The van der Waals surface area contributed by atoms with Crippen molar-refractivity contribution < 1.29 is 19.4 Å². The molecule has 2 unspecified atom stereocenters. The summed E-state index contributed by atoms with van der Waals surface area (Å²) in [4.78, 5) is 20.1. The van der Waals surface area contributed by atoms with Crippen molar-refractivity contribution in [2.24, 2.45) is 0 Å². The molecule has 364 valence electrons. The van der Waals surface area contributed by atoms with Gasteiger partial charge in [0, 0.05) is 40.9 Å². The highest BCUT2D eigenvalue weighted by atomic mass is 16.5. The molecule has 13 rings (SSSR count). The summed E-state index contributed by atoms with van der Waals surface area (Å²) in [5.41, 5.74) is 10.9. The minimum absolute atomic E-state index is 0.0197. The van der Waals surface area contributed by atoms with E-state index in [0.29, 0.717) is 35.1 Å². The van der Waals surface area contributed by atoms with Gasteiger partial charge in [0.1, 0.15) is 37.5 Å². The zero-order valence-electron chi connectivity index (χ0n) is 42.0. The van der Waals surface area contributed by atoms with Gasteiger partial charge in [0.2, 0.25) is 11.1 Å². The maximum atomic E-state index is 15.4. The summed E-state index contributed by atoms with van der Waals surface area (Å²) in [6.45, 7) is 15.4. The van der Waals surface area contributed by atoms with Gasteiger partial charge in [-0.2, -0.15) is 4.58 Å². The third-order valence-corrected chi connectivity index (χ3v) is 16.5. The molecule has 0 amide bonds. The van der Waals surface area contributed by atoms with Crippen molar-refractivity contribution in [2.75, 3.05) is 75.5 Å². The first kappa shape index (κ1) is 45.0. The summed E-state index contributed by atoms with van der Waals surface area (Å²) < 4.78 is 15.2. The highest BCUT2D eigenvalue weighted by molar-refractivity contribution is 6.52. The van der Waals surface area contributed by atoms with Crippen molar-refractivity contribution in [1.29, 1.82) is 0 Å². The molecule has 2 aliphatic heterocycles. The molecule has 73 heavy (non-hydrogen) atoms. The number of ether oxygens (including phenoxy) is 2. The predicted octanol–water partition coefficient (Wildman–Crippen LogP) is 10.3. The van der Waals surface area contributed by atoms with Gasteiger partial charge in [-0.1, -0.05) is 125 Å². The highest BCUT2D eigenvalue weighted by Crippen LogP contribution is 2.56. The van der Waals surface area contributed by atoms with Crippen LogP contribution < -0.4 is 40.6 Å². The maximum Gasteiger partial charge on any atom is 0.290 e. The average molecular weight is 964 g/mol. The van der Waals surface area contributed by atoms with E-state index in [2.05, 4.69) is 199 Å². The molecule has 2 heterocycles. The van der Waals surface area contributed by atoms with Crippen LogP contribution in [-0.2, 0) is 16.1 Å². The van der Waals surface area contributed by atoms with Gasteiger partial charge in [-0.15, -0.1) is 0 Å². The number of nitrogens with zero attached hydrogens (tertiary/aromatic N) is 3. The van der Waals surface area contributed by atoms with Crippen LogP contribution in [0.25, 0.3) is 54.9 Å². The van der Waals surface area contributed by atoms with Gasteiger partial charge in [-0.3, -0.25) is 4.79 Å². The fraction of sp³-hybridized carbons (Fsp3) is 0.238. The summed E-state index contributed by atoms with van der Waals surface area (Å²) in [7, 11) is 2.11. The average Bonchev–Trinajstić information content (AvgIpc) is 3.85. The Hall–Kier alpha value is -7.92. The third-order valence-electron chi connectivity index (χ3n) is 16.5. The van der Waals surface area contributed by atoms with E-state index < -0.39 is 11.3 Å². The number of benzene rings is 8. The standard InChI is InChI=1S/C63H58N6O4/c1-6-68(7-2)32-34-72-40-26-30-44-42-18-10-12-20-48(42)62(50(44)36-40)64-52-22-14-16-38-24-28-46(58(66-62)54(38)52)56-60(70)57(61(56)71)47-29-25-39-17-15-23-53-55(39)59(47)67(5)63(65-53)49-21-13-11-19-43(49)45-31-27-41(37-51(45)63)73-35-33-69(8-3)9-4/h10-31,36-37H,6-9,32-35H2,1-5H3,(H3,64,65,66,70,71)/p+1.